The fourth-order valence-corrected chi connectivity index (χ4v) is 5.72. The third-order valence-corrected chi connectivity index (χ3v) is 6.85. The van der Waals surface area contributed by atoms with Crippen LogP contribution in [0, 0.1) is 23.2 Å². The number of carbonyl (C=O) groups is 2. The van der Waals surface area contributed by atoms with Gasteiger partial charge in [0.15, 0.2) is 0 Å². The highest BCUT2D eigenvalue weighted by Crippen LogP contribution is 2.67. The van der Waals surface area contributed by atoms with Crippen LogP contribution in [0.15, 0.2) is 66.8 Å². The lowest BCUT2D eigenvalue weighted by molar-refractivity contribution is -0.133. The summed E-state index contributed by atoms with van der Waals surface area (Å²) in [5, 5.41) is 0. The van der Waals surface area contributed by atoms with Crippen molar-refractivity contribution in [2.45, 2.75) is 20.3 Å². The number of allylic oxidation sites excluding steroid dienone is 3. The van der Waals surface area contributed by atoms with Crippen molar-refractivity contribution >= 4 is 17.1 Å². The molecule has 0 saturated heterocycles. The van der Waals surface area contributed by atoms with E-state index in [9.17, 15) is 9.59 Å². The van der Waals surface area contributed by atoms with E-state index in [1.807, 2.05) is 0 Å². The molecule has 2 aromatic rings. The Morgan fingerprint density at radius 3 is 1.93 bits per heavy atom. The van der Waals surface area contributed by atoms with E-state index in [2.05, 4.69) is 66.8 Å². The zero-order chi connectivity index (χ0) is 18.8. The Morgan fingerprint density at radius 1 is 0.889 bits per heavy atom. The molecule has 0 amide bonds. The van der Waals surface area contributed by atoms with Gasteiger partial charge in [0.2, 0.25) is 0 Å². The van der Waals surface area contributed by atoms with Crippen LogP contribution >= 0.6 is 0 Å². The molecular weight excluding hydrogens is 332 g/mol. The molecule has 0 radical (unpaired) electrons. The first kappa shape index (κ1) is 16.4. The summed E-state index contributed by atoms with van der Waals surface area (Å²) >= 11 is 0. The molecule has 1 fully saturated rings. The Hall–Kier alpha value is -2.74. The number of fused-ring (bicyclic) bond motifs is 4. The first-order chi connectivity index (χ1) is 13.1. The van der Waals surface area contributed by atoms with Crippen LogP contribution in [0.4, 0.5) is 0 Å². The van der Waals surface area contributed by atoms with E-state index in [1.165, 1.54) is 27.8 Å². The third kappa shape index (κ3) is 2.07. The normalized spacial score (nSPS) is 26.0. The first-order valence-corrected chi connectivity index (χ1v) is 9.66. The van der Waals surface area contributed by atoms with Crippen LogP contribution in [0.5, 0.6) is 0 Å². The van der Waals surface area contributed by atoms with E-state index < -0.39 is 5.41 Å². The molecule has 0 N–H and O–H groups in total. The van der Waals surface area contributed by atoms with Gasteiger partial charge >= 0.3 is 0 Å². The predicted molar refractivity (Wildman–Crippen MR) is 107 cm³/mol. The molecule has 1 saturated carbocycles. The minimum atomic E-state index is -0.775. The zero-order valence-corrected chi connectivity index (χ0v) is 15.6. The molecule has 2 heteroatoms. The van der Waals surface area contributed by atoms with Gasteiger partial charge in [-0.15, -0.1) is 0 Å². The fourth-order valence-electron chi connectivity index (χ4n) is 5.72. The third-order valence-electron chi connectivity index (χ3n) is 6.85. The lowest BCUT2D eigenvalue weighted by atomic mass is 9.86. The van der Waals surface area contributed by atoms with Crippen molar-refractivity contribution in [3.8, 4) is 11.1 Å². The van der Waals surface area contributed by atoms with Crippen LogP contribution in [-0.2, 0) is 9.59 Å². The molecule has 0 aromatic heterocycles. The highest BCUT2D eigenvalue weighted by molar-refractivity contribution is 6.09. The second-order valence-corrected chi connectivity index (χ2v) is 8.03. The van der Waals surface area contributed by atoms with Crippen LogP contribution in [-0.4, -0.2) is 11.6 Å². The number of benzene rings is 2. The zero-order valence-electron chi connectivity index (χ0n) is 15.6. The van der Waals surface area contributed by atoms with Gasteiger partial charge in [0.25, 0.3) is 0 Å². The minimum absolute atomic E-state index is 0.0318. The highest BCUT2D eigenvalue weighted by atomic mass is 16.2. The Morgan fingerprint density at radius 2 is 1.41 bits per heavy atom. The molecule has 2 aromatic carbocycles. The maximum Gasteiger partial charge on any atom is 0.143 e. The molecular formula is C25H22O2. The Bertz CT molecular complexity index is 978. The summed E-state index contributed by atoms with van der Waals surface area (Å²) in [5.74, 6) is 0.440. The molecule has 0 heterocycles. The summed E-state index contributed by atoms with van der Waals surface area (Å²) in [4.78, 5) is 24.9. The molecule has 3 aliphatic rings. The van der Waals surface area contributed by atoms with Gasteiger partial charge in [-0.25, -0.2) is 0 Å². The smallest absolute Gasteiger partial charge is 0.143 e. The molecule has 3 atom stereocenters. The number of Topliss-reactive ketones (excluding diaryl/α,β-unsaturated/α-hetero) is 2. The molecule has 0 unspecified atom stereocenters. The standard InChI is InChI=1S/C25H22O2/c1-15(26)25(16(2)27)23-13-7-8-17(24(23)25)14-22-20-11-5-3-9-18(20)19-10-4-6-12-21(19)22/h3-12,14,17,23-24H,13H2,1-2H3/t17-,23-,24+/m1/s1. The van der Waals surface area contributed by atoms with Gasteiger partial charge in [0.1, 0.15) is 11.6 Å². The van der Waals surface area contributed by atoms with Crippen LogP contribution in [0.3, 0.4) is 0 Å². The molecule has 27 heavy (non-hydrogen) atoms. The lowest BCUT2D eigenvalue weighted by Crippen LogP contribution is -2.26. The van der Waals surface area contributed by atoms with Crippen LogP contribution < -0.4 is 0 Å². The quantitative estimate of drug-likeness (QED) is 0.485. The summed E-state index contributed by atoms with van der Waals surface area (Å²) < 4.78 is 0. The van der Waals surface area contributed by atoms with Crippen molar-refractivity contribution in [3.63, 3.8) is 0 Å². The van der Waals surface area contributed by atoms with E-state index in [-0.39, 0.29) is 29.3 Å². The maximum absolute atomic E-state index is 12.4. The van der Waals surface area contributed by atoms with E-state index in [4.69, 9.17) is 0 Å². The van der Waals surface area contributed by atoms with Crippen molar-refractivity contribution in [1.29, 1.82) is 0 Å². The van der Waals surface area contributed by atoms with E-state index in [0.29, 0.717) is 0 Å². The monoisotopic (exact) mass is 354 g/mol. The number of carbonyl (C=O) groups excluding carboxylic acids is 2. The average molecular weight is 354 g/mol. The van der Waals surface area contributed by atoms with Crippen molar-refractivity contribution < 1.29 is 9.59 Å². The summed E-state index contributed by atoms with van der Waals surface area (Å²) in [7, 11) is 0. The maximum atomic E-state index is 12.4. The fraction of sp³-hybridized carbons (Fsp3) is 0.280. The average Bonchev–Trinajstić information content (AvgIpc) is 3.29. The Kier molecular flexibility index (Phi) is 3.42. The summed E-state index contributed by atoms with van der Waals surface area (Å²) in [5.41, 5.74) is 5.46. The SMILES string of the molecule is CC(=O)C1(C(C)=O)[C@H]2[C@@H](C=C3c4ccccc4-c4ccccc43)C=CC[C@H]21. The van der Waals surface area contributed by atoms with Crippen LogP contribution in [0.25, 0.3) is 16.7 Å². The number of hydrogen-bond acceptors (Lipinski definition) is 2. The Labute approximate surface area is 159 Å². The molecule has 3 aliphatic carbocycles. The van der Waals surface area contributed by atoms with E-state index in [1.54, 1.807) is 13.8 Å². The second kappa shape index (κ2) is 5.63. The van der Waals surface area contributed by atoms with Crippen LogP contribution in [0.1, 0.15) is 31.4 Å². The number of rotatable bonds is 3. The topological polar surface area (TPSA) is 34.1 Å². The highest BCUT2D eigenvalue weighted by Gasteiger charge is 2.72. The summed E-state index contributed by atoms with van der Waals surface area (Å²) in [6.45, 7) is 3.17. The Balaban J connectivity index is 1.64. The van der Waals surface area contributed by atoms with Gasteiger partial charge < -0.3 is 0 Å². The van der Waals surface area contributed by atoms with Gasteiger partial charge in [-0.3, -0.25) is 9.59 Å². The molecule has 0 spiro atoms. The second-order valence-electron chi connectivity index (χ2n) is 8.03. The van der Waals surface area contributed by atoms with Crippen molar-refractivity contribution in [2.24, 2.45) is 23.2 Å². The lowest BCUT2D eigenvalue weighted by Gasteiger charge is -2.16. The van der Waals surface area contributed by atoms with Crippen LogP contribution in [0.2, 0.25) is 0 Å². The van der Waals surface area contributed by atoms with E-state index >= 15 is 0 Å². The molecule has 0 aliphatic heterocycles. The van der Waals surface area contributed by atoms with Gasteiger partial charge in [-0.05, 0) is 59.9 Å². The largest absolute Gasteiger partial charge is 0.299 e. The number of hydrogen-bond donors (Lipinski definition) is 0. The molecule has 0 bridgehead atoms. The first-order valence-electron chi connectivity index (χ1n) is 9.66. The van der Waals surface area contributed by atoms with E-state index in [0.717, 1.165) is 6.42 Å². The summed E-state index contributed by atoms with van der Waals surface area (Å²) in [6.07, 6.45) is 7.48. The van der Waals surface area contributed by atoms with Crippen molar-refractivity contribution in [1.82, 2.24) is 0 Å². The van der Waals surface area contributed by atoms with Gasteiger partial charge in [0.05, 0.1) is 5.41 Å². The van der Waals surface area contributed by atoms with Crippen molar-refractivity contribution in [3.05, 3.63) is 77.9 Å². The molecule has 5 rings (SSSR count). The van der Waals surface area contributed by atoms with Gasteiger partial charge in [-0.2, -0.15) is 0 Å². The van der Waals surface area contributed by atoms with Crippen molar-refractivity contribution in [2.75, 3.05) is 0 Å². The molecule has 134 valence electrons. The van der Waals surface area contributed by atoms with Gasteiger partial charge in [0, 0.05) is 5.92 Å². The minimum Gasteiger partial charge on any atom is -0.299 e. The number of ketones is 2. The predicted octanol–water partition coefficient (Wildman–Crippen LogP) is 5.09. The molecule has 2 nitrogen and oxygen atoms in total. The van der Waals surface area contributed by atoms with Gasteiger partial charge in [-0.1, -0.05) is 66.8 Å². The summed E-state index contributed by atoms with van der Waals surface area (Å²) in [6, 6.07) is 17.0.